The normalized spacial score (nSPS) is 13.8. The molecule has 7 nitrogen and oxygen atoms in total. The van der Waals surface area contributed by atoms with Crippen LogP contribution in [0.25, 0.3) is 16.5 Å². The van der Waals surface area contributed by atoms with E-state index in [1.165, 1.54) is 0 Å². The third-order valence-corrected chi connectivity index (χ3v) is 5.94. The van der Waals surface area contributed by atoms with Crippen LogP contribution in [0.2, 0.25) is 0 Å². The lowest BCUT2D eigenvalue weighted by molar-refractivity contribution is 0.0270. The standard InChI is InChI=1S/C28H30N4O3/c1-28(2,3)35-27(34)32-14-11-21(12-15-32)20-5-7-22(8-6-20)26(33)30-13-10-19-4-9-25-24(16-19)23(17-29)18-31-25/h4-9,11,16,18,31H,10,12-15H2,1-3H3,(H,30,33). The second-order valence-corrected chi connectivity index (χ2v) is 9.68. The zero-order valence-corrected chi connectivity index (χ0v) is 20.4. The van der Waals surface area contributed by atoms with E-state index in [-0.39, 0.29) is 12.0 Å². The van der Waals surface area contributed by atoms with Crippen LogP contribution < -0.4 is 5.32 Å². The molecule has 0 unspecified atom stereocenters. The average molecular weight is 471 g/mol. The van der Waals surface area contributed by atoms with Crippen molar-refractivity contribution in [2.75, 3.05) is 19.6 Å². The molecule has 0 atom stereocenters. The fraction of sp³-hybridized carbons (Fsp3) is 0.321. The predicted molar refractivity (Wildman–Crippen MR) is 136 cm³/mol. The maximum Gasteiger partial charge on any atom is 0.410 e. The molecule has 35 heavy (non-hydrogen) atoms. The molecule has 0 fully saturated rings. The number of hydrogen-bond acceptors (Lipinski definition) is 4. The van der Waals surface area contributed by atoms with Crippen molar-refractivity contribution in [2.24, 2.45) is 0 Å². The highest BCUT2D eigenvalue weighted by Gasteiger charge is 2.23. The first-order valence-corrected chi connectivity index (χ1v) is 11.8. The predicted octanol–water partition coefficient (Wildman–Crippen LogP) is 5.04. The van der Waals surface area contributed by atoms with Crippen LogP contribution in [0, 0.1) is 11.3 Å². The van der Waals surface area contributed by atoms with Gasteiger partial charge in [0.25, 0.3) is 5.91 Å². The van der Waals surface area contributed by atoms with Crippen molar-refractivity contribution < 1.29 is 14.3 Å². The highest BCUT2D eigenvalue weighted by molar-refractivity contribution is 5.94. The molecule has 1 aromatic heterocycles. The van der Waals surface area contributed by atoms with Gasteiger partial charge in [0, 0.05) is 42.3 Å². The lowest BCUT2D eigenvalue weighted by atomic mass is 9.98. The van der Waals surface area contributed by atoms with Crippen LogP contribution in [0.15, 0.2) is 54.7 Å². The van der Waals surface area contributed by atoms with Crippen molar-refractivity contribution in [3.05, 3.63) is 77.0 Å². The molecule has 4 rings (SSSR count). The maximum atomic E-state index is 12.6. The van der Waals surface area contributed by atoms with Gasteiger partial charge in [-0.2, -0.15) is 5.26 Å². The summed E-state index contributed by atoms with van der Waals surface area (Å²) in [6.07, 6.45) is 4.88. The SMILES string of the molecule is CC(C)(C)OC(=O)N1CC=C(c2ccc(C(=O)NCCc3ccc4[nH]cc(C#N)c4c3)cc2)CC1. The van der Waals surface area contributed by atoms with Gasteiger partial charge in [-0.05, 0) is 74.6 Å². The Morgan fingerprint density at radius 2 is 1.94 bits per heavy atom. The molecule has 7 heteroatoms. The van der Waals surface area contributed by atoms with Gasteiger partial charge in [-0.25, -0.2) is 4.79 Å². The van der Waals surface area contributed by atoms with Crippen molar-refractivity contribution in [1.29, 1.82) is 5.26 Å². The number of carbonyl (C=O) groups excluding carboxylic acids is 2. The number of ether oxygens (including phenoxy) is 1. The Balaban J connectivity index is 1.30. The van der Waals surface area contributed by atoms with Crippen LogP contribution in [-0.2, 0) is 11.2 Å². The smallest absolute Gasteiger partial charge is 0.410 e. The molecule has 2 heterocycles. The van der Waals surface area contributed by atoms with Gasteiger partial charge in [-0.3, -0.25) is 4.79 Å². The number of aromatic nitrogens is 1. The zero-order chi connectivity index (χ0) is 25.0. The van der Waals surface area contributed by atoms with E-state index in [1.54, 1.807) is 11.1 Å². The number of nitrogens with one attached hydrogen (secondary N) is 2. The number of H-pyrrole nitrogens is 1. The highest BCUT2D eigenvalue weighted by atomic mass is 16.6. The van der Waals surface area contributed by atoms with E-state index in [2.05, 4.69) is 16.4 Å². The lowest BCUT2D eigenvalue weighted by Gasteiger charge is -2.29. The number of nitrogens with zero attached hydrogens (tertiary/aromatic N) is 2. The number of carbonyl (C=O) groups is 2. The molecule has 2 N–H and O–H groups in total. The Morgan fingerprint density at radius 1 is 1.17 bits per heavy atom. The van der Waals surface area contributed by atoms with Crippen molar-refractivity contribution in [3.8, 4) is 6.07 Å². The van der Waals surface area contributed by atoms with Gasteiger partial charge in [0.05, 0.1) is 5.56 Å². The van der Waals surface area contributed by atoms with Gasteiger partial charge in [0.2, 0.25) is 0 Å². The molecule has 0 radical (unpaired) electrons. The summed E-state index contributed by atoms with van der Waals surface area (Å²) in [5.41, 5.74) is 4.93. The van der Waals surface area contributed by atoms with Gasteiger partial charge in [-0.1, -0.05) is 24.3 Å². The first-order valence-electron chi connectivity index (χ1n) is 11.8. The van der Waals surface area contributed by atoms with Crippen molar-refractivity contribution in [1.82, 2.24) is 15.2 Å². The van der Waals surface area contributed by atoms with Crippen LogP contribution in [-0.4, -0.2) is 47.1 Å². The second kappa shape index (κ2) is 10.1. The highest BCUT2D eigenvalue weighted by Crippen LogP contribution is 2.24. The number of hydrogen-bond donors (Lipinski definition) is 2. The van der Waals surface area contributed by atoms with E-state index >= 15 is 0 Å². The van der Waals surface area contributed by atoms with Crippen LogP contribution in [0.5, 0.6) is 0 Å². The molecular formula is C28H30N4O3. The summed E-state index contributed by atoms with van der Waals surface area (Å²) in [5, 5.41) is 13.1. The zero-order valence-electron chi connectivity index (χ0n) is 20.4. The number of nitriles is 1. The number of benzene rings is 2. The number of amides is 2. The van der Waals surface area contributed by atoms with Crippen LogP contribution in [0.1, 0.15) is 54.2 Å². The number of aromatic amines is 1. The van der Waals surface area contributed by atoms with Gasteiger partial charge in [-0.15, -0.1) is 0 Å². The summed E-state index contributed by atoms with van der Waals surface area (Å²) < 4.78 is 5.45. The Bertz CT molecular complexity index is 1310. The molecule has 0 bridgehead atoms. The minimum atomic E-state index is -0.506. The Kier molecular flexibility index (Phi) is 6.92. The number of fused-ring (bicyclic) bond motifs is 1. The molecule has 0 aliphatic carbocycles. The fourth-order valence-corrected chi connectivity index (χ4v) is 4.10. The summed E-state index contributed by atoms with van der Waals surface area (Å²) >= 11 is 0. The third kappa shape index (κ3) is 5.90. The molecule has 2 amide bonds. The van der Waals surface area contributed by atoms with Gasteiger partial charge in [0.1, 0.15) is 11.7 Å². The molecule has 1 aliphatic rings. The summed E-state index contributed by atoms with van der Waals surface area (Å²) in [6, 6.07) is 15.7. The Hall–Kier alpha value is -4.05. The van der Waals surface area contributed by atoms with Gasteiger partial charge in [0.15, 0.2) is 0 Å². The van der Waals surface area contributed by atoms with Crippen LogP contribution in [0.3, 0.4) is 0 Å². The molecular weight excluding hydrogens is 440 g/mol. The van der Waals surface area contributed by atoms with Crippen LogP contribution in [0.4, 0.5) is 4.79 Å². The largest absolute Gasteiger partial charge is 0.444 e. The molecule has 0 saturated heterocycles. The van der Waals surface area contributed by atoms with E-state index < -0.39 is 5.60 Å². The lowest BCUT2D eigenvalue weighted by Crippen LogP contribution is -2.39. The van der Waals surface area contributed by atoms with Crippen molar-refractivity contribution in [3.63, 3.8) is 0 Å². The summed E-state index contributed by atoms with van der Waals surface area (Å²) in [7, 11) is 0. The Labute approximate surface area is 205 Å². The minimum absolute atomic E-state index is 0.120. The van der Waals surface area contributed by atoms with E-state index in [1.807, 2.05) is 69.3 Å². The summed E-state index contributed by atoms with van der Waals surface area (Å²) in [4.78, 5) is 29.6. The fourth-order valence-electron chi connectivity index (χ4n) is 4.10. The second-order valence-electron chi connectivity index (χ2n) is 9.68. The summed E-state index contributed by atoms with van der Waals surface area (Å²) in [5.74, 6) is -0.120. The van der Waals surface area contributed by atoms with E-state index in [0.29, 0.717) is 37.2 Å². The minimum Gasteiger partial charge on any atom is -0.444 e. The summed E-state index contributed by atoms with van der Waals surface area (Å²) in [6.45, 7) is 7.21. The van der Waals surface area contributed by atoms with Crippen LogP contribution >= 0.6 is 0 Å². The van der Waals surface area contributed by atoms with E-state index in [9.17, 15) is 14.9 Å². The Morgan fingerprint density at radius 3 is 2.60 bits per heavy atom. The van der Waals surface area contributed by atoms with E-state index in [0.717, 1.165) is 34.0 Å². The topological polar surface area (TPSA) is 98.2 Å². The van der Waals surface area contributed by atoms with E-state index in [4.69, 9.17) is 4.74 Å². The third-order valence-electron chi connectivity index (χ3n) is 5.94. The first kappa shape index (κ1) is 24.1. The molecule has 2 aromatic carbocycles. The quantitative estimate of drug-likeness (QED) is 0.546. The molecule has 180 valence electrons. The number of rotatable bonds is 5. The average Bonchev–Trinajstić information content (AvgIpc) is 3.25. The maximum absolute atomic E-state index is 12.6. The van der Waals surface area contributed by atoms with Gasteiger partial charge >= 0.3 is 6.09 Å². The molecule has 0 saturated carbocycles. The molecule has 0 spiro atoms. The molecule has 1 aliphatic heterocycles. The van der Waals surface area contributed by atoms with Crippen molar-refractivity contribution in [2.45, 2.75) is 39.2 Å². The first-order chi connectivity index (χ1) is 16.7. The van der Waals surface area contributed by atoms with Gasteiger partial charge < -0.3 is 19.9 Å². The molecule has 3 aromatic rings. The van der Waals surface area contributed by atoms with Crippen molar-refractivity contribution >= 4 is 28.5 Å². The monoisotopic (exact) mass is 470 g/mol.